The number of halogens is 1. The molecule has 0 spiro atoms. The first-order valence-corrected chi connectivity index (χ1v) is 14.4. The standard InChI is InChI=1S/C26H22ClN3O6S2/c1-36-21-12-8-20(9-13-21)29-37(32,33)23-14-10-19(11-15-23)28-26(31)18-7-16-25(24(27)17-18)30-38(34,35)22-5-3-2-4-6-22/h2-17,29-30H,1H3,(H,28,31). The van der Waals surface area contributed by atoms with Gasteiger partial charge in [0.15, 0.2) is 0 Å². The van der Waals surface area contributed by atoms with E-state index in [4.69, 9.17) is 16.3 Å². The van der Waals surface area contributed by atoms with Crippen molar-refractivity contribution in [2.24, 2.45) is 0 Å². The molecule has 4 aromatic rings. The number of sulfonamides is 2. The molecule has 38 heavy (non-hydrogen) atoms. The highest BCUT2D eigenvalue weighted by atomic mass is 35.5. The van der Waals surface area contributed by atoms with Crippen LogP contribution in [0, 0.1) is 0 Å². The Bertz CT molecular complexity index is 1660. The highest BCUT2D eigenvalue weighted by Crippen LogP contribution is 2.27. The third-order valence-electron chi connectivity index (χ3n) is 5.29. The summed E-state index contributed by atoms with van der Waals surface area (Å²) in [5, 5.41) is 2.69. The van der Waals surface area contributed by atoms with Crippen LogP contribution in [-0.4, -0.2) is 29.9 Å². The lowest BCUT2D eigenvalue weighted by molar-refractivity contribution is 0.102. The molecule has 1 amide bonds. The van der Waals surface area contributed by atoms with Gasteiger partial charge in [-0.2, -0.15) is 0 Å². The van der Waals surface area contributed by atoms with Crippen LogP contribution in [0.25, 0.3) is 0 Å². The average Bonchev–Trinajstić information content (AvgIpc) is 2.91. The summed E-state index contributed by atoms with van der Waals surface area (Å²) in [4.78, 5) is 12.8. The minimum atomic E-state index is -3.85. The summed E-state index contributed by atoms with van der Waals surface area (Å²) in [5.41, 5.74) is 1.01. The van der Waals surface area contributed by atoms with Crippen LogP contribution in [0.15, 0.2) is 107 Å². The SMILES string of the molecule is COc1ccc(NS(=O)(=O)c2ccc(NC(=O)c3ccc(NS(=O)(=O)c4ccccc4)c(Cl)c3)cc2)cc1. The van der Waals surface area contributed by atoms with E-state index < -0.39 is 26.0 Å². The van der Waals surface area contributed by atoms with Crippen LogP contribution in [0.1, 0.15) is 10.4 Å². The number of hydrogen-bond acceptors (Lipinski definition) is 6. The molecule has 0 aliphatic heterocycles. The zero-order valence-electron chi connectivity index (χ0n) is 19.9. The van der Waals surface area contributed by atoms with E-state index in [1.807, 2.05) is 0 Å². The van der Waals surface area contributed by atoms with Crippen molar-refractivity contribution in [1.29, 1.82) is 0 Å². The fourth-order valence-electron chi connectivity index (χ4n) is 3.34. The minimum Gasteiger partial charge on any atom is -0.497 e. The summed E-state index contributed by atoms with van der Waals surface area (Å²) in [7, 11) is -6.19. The van der Waals surface area contributed by atoms with E-state index in [1.54, 1.807) is 42.5 Å². The molecule has 0 heterocycles. The van der Waals surface area contributed by atoms with E-state index in [-0.39, 0.29) is 26.1 Å². The van der Waals surface area contributed by atoms with Crippen LogP contribution >= 0.6 is 11.6 Å². The fraction of sp³-hybridized carbons (Fsp3) is 0.0385. The summed E-state index contributed by atoms with van der Waals surface area (Å²) < 4.78 is 60.4. The third kappa shape index (κ3) is 6.43. The van der Waals surface area contributed by atoms with Gasteiger partial charge in [0.25, 0.3) is 26.0 Å². The Hall–Kier alpha value is -4.06. The van der Waals surface area contributed by atoms with Gasteiger partial charge in [0.05, 0.1) is 27.6 Å². The second-order valence-electron chi connectivity index (χ2n) is 7.93. The Morgan fingerprint density at radius 3 is 1.89 bits per heavy atom. The quantitative estimate of drug-likeness (QED) is 0.253. The minimum absolute atomic E-state index is 0.00409. The lowest BCUT2D eigenvalue weighted by Crippen LogP contribution is -2.15. The molecule has 12 heteroatoms. The number of anilines is 3. The molecule has 0 aliphatic carbocycles. The highest BCUT2D eigenvalue weighted by molar-refractivity contribution is 7.93. The molecule has 0 saturated carbocycles. The van der Waals surface area contributed by atoms with E-state index in [0.717, 1.165) is 0 Å². The van der Waals surface area contributed by atoms with Crippen molar-refractivity contribution >= 4 is 54.6 Å². The van der Waals surface area contributed by atoms with Crippen LogP contribution in [0.2, 0.25) is 5.02 Å². The van der Waals surface area contributed by atoms with Crippen molar-refractivity contribution < 1.29 is 26.4 Å². The summed E-state index contributed by atoms with van der Waals surface area (Å²) in [6.45, 7) is 0. The summed E-state index contributed by atoms with van der Waals surface area (Å²) in [6.07, 6.45) is 0. The molecule has 4 aromatic carbocycles. The molecule has 0 unspecified atom stereocenters. The molecule has 3 N–H and O–H groups in total. The zero-order valence-corrected chi connectivity index (χ0v) is 22.3. The van der Waals surface area contributed by atoms with Gasteiger partial charge in [0.2, 0.25) is 0 Å². The molecule has 0 saturated heterocycles. The monoisotopic (exact) mass is 571 g/mol. The number of rotatable bonds is 9. The first kappa shape index (κ1) is 27.0. The Morgan fingerprint density at radius 2 is 1.29 bits per heavy atom. The second-order valence-corrected chi connectivity index (χ2v) is 11.7. The molecular weight excluding hydrogens is 550 g/mol. The molecule has 0 fully saturated rings. The van der Waals surface area contributed by atoms with Crippen LogP contribution in [0.3, 0.4) is 0 Å². The van der Waals surface area contributed by atoms with Crippen LogP contribution in [0.5, 0.6) is 5.75 Å². The Balaban J connectivity index is 1.42. The van der Waals surface area contributed by atoms with Crippen molar-refractivity contribution in [2.75, 3.05) is 21.9 Å². The smallest absolute Gasteiger partial charge is 0.261 e. The van der Waals surface area contributed by atoms with Crippen LogP contribution in [0.4, 0.5) is 17.1 Å². The third-order valence-corrected chi connectivity index (χ3v) is 8.39. The predicted octanol–water partition coefficient (Wildman–Crippen LogP) is 5.20. The summed E-state index contributed by atoms with van der Waals surface area (Å²) >= 11 is 6.24. The molecule has 196 valence electrons. The number of carbonyl (C=O) groups excluding carboxylic acids is 1. The fourth-order valence-corrected chi connectivity index (χ4v) is 5.78. The van der Waals surface area contributed by atoms with Crippen LogP contribution in [-0.2, 0) is 20.0 Å². The van der Waals surface area contributed by atoms with Gasteiger partial charge in [-0.3, -0.25) is 14.2 Å². The maximum atomic E-state index is 12.7. The largest absolute Gasteiger partial charge is 0.497 e. The van der Waals surface area contributed by atoms with Crippen LogP contribution < -0.4 is 19.5 Å². The average molecular weight is 572 g/mol. The Labute approximate surface area is 225 Å². The lowest BCUT2D eigenvalue weighted by atomic mass is 10.2. The van der Waals surface area contributed by atoms with Gasteiger partial charge in [-0.1, -0.05) is 29.8 Å². The van der Waals surface area contributed by atoms with E-state index >= 15 is 0 Å². The Morgan fingerprint density at radius 1 is 0.711 bits per heavy atom. The molecule has 0 bridgehead atoms. The van der Waals surface area contributed by atoms with Gasteiger partial charge < -0.3 is 10.1 Å². The molecule has 0 radical (unpaired) electrons. The molecule has 0 aromatic heterocycles. The highest BCUT2D eigenvalue weighted by Gasteiger charge is 2.18. The maximum absolute atomic E-state index is 12.7. The van der Waals surface area contributed by atoms with E-state index in [9.17, 15) is 21.6 Å². The number of methoxy groups -OCH3 is 1. The van der Waals surface area contributed by atoms with E-state index in [1.165, 1.54) is 61.7 Å². The van der Waals surface area contributed by atoms with Gasteiger partial charge >= 0.3 is 0 Å². The topological polar surface area (TPSA) is 131 Å². The van der Waals surface area contributed by atoms with Crippen molar-refractivity contribution in [2.45, 2.75) is 9.79 Å². The zero-order chi connectivity index (χ0) is 27.3. The summed E-state index contributed by atoms with van der Waals surface area (Å²) in [6, 6.07) is 24.0. The first-order valence-electron chi connectivity index (χ1n) is 11.0. The van der Waals surface area contributed by atoms with Gasteiger partial charge in [0, 0.05) is 16.9 Å². The van der Waals surface area contributed by atoms with Crippen molar-refractivity contribution in [3.05, 3.63) is 108 Å². The van der Waals surface area contributed by atoms with Gasteiger partial charge in [-0.15, -0.1) is 0 Å². The molecular formula is C26H22ClN3O6S2. The molecule has 9 nitrogen and oxygen atoms in total. The number of amides is 1. The number of benzene rings is 4. The maximum Gasteiger partial charge on any atom is 0.261 e. The van der Waals surface area contributed by atoms with Gasteiger partial charge in [-0.25, -0.2) is 16.8 Å². The predicted molar refractivity (Wildman–Crippen MR) is 147 cm³/mol. The molecule has 4 rings (SSSR count). The Kier molecular flexibility index (Phi) is 7.91. The number of carbonyl (C=O) groups is 1. The molecule has 0 atom stereocenters. The number of ether oxygens (including phenoxy) is 1. The van der Waals surface area contributed by atoms with Crippen molar-refractivity contribution in [1.82, 2.24) is 0 Å². The molecule has 0 aliphatic rings. The van der Waals surface area contributed by atoms with E-state index in [2.05, 4.69) is 14.8 Å². The van der Waals surface area contributed by atoms with Gasteiger partial charge in [-0.05, 0) is 78.9 Å². The number of hydrogen-bond donors (Lipinski definition) is 3. The van der Waals surface area contributed by atoms with Gasteiger partial charge in [0.1, 0.15) is 5.75 Å². The lowest BCUT2D eigenvalue weighted by Gasteiger charge is -2.12. The summed E-state index contributed by atoms with van der Waals surface area (Å²) in [5.74, 6) is 0.0776. The van der Waals surface area contributed by atoms with E-state index in [0.29, 0.717) is 17.1 Å². The normalized spacial score (nSPS) is 11.4. The number of nitrogens with one attached hydrogen (secondary N) is 3. The van der Waals surface area contributed by atoms with Crippen molar-refractivity contribution in [3.8, 4) is 5.75 Å². The van der Waals surface area contributed by atoms with Crippen molar-refractivity contribution in [3.63, 3.8) is 0 Å². The first-order chi connectivity index (χ1) is 18.1. The second kappa shape index (κ2) is 11.1.